The van der Waals surface area contributed by atoms with E-state index < -0.39 is 23.5 Å². The highest BCUT2D eigenvalue weighted by Gasteiger charge is 2.38. The monoisotopic (exact) mass is 810 g/mol. The standard InChI is InChI=1S/C46H53ClF6N4/c1-26(2)35-14-11-15-36(27(3)4)40(35)44(55-42-37(28(5)6)16-12-17-38(42)29(7)8)57-19-13-18-56(25-57)43(54-41-31(10)20-30(9)21-39(41)47)32-22-33(45(48,49)50)24-34(23-32)46(51,52)53/h11-12,14-17,20-24,26-29H,13,18-19,25H2,1-10H3. The lowest BCUT2D eigenvalue weighted by molar-refractivity contribution is -0.143. The van der Waals surface area contributed by atoms with Crippen molar-refractivity contribution in [3.05, 3.63) is 127 Å². The number of alkyl halides is 6. The second-order valence-corrected chi connectivity index (χ2v) is 16.7. The molecule has 1 fully saturated rings. The third-order valence-corrected chi connectivity index (χ3v) is 10.7. The molecule has 1 heterocycles. The van der Waals surface area contributed by atoms with Crippen molar-refractivity contribution >= 4 is 34.6 Å². The molecule has 5 rings (SSSR count). The Hall–Kier alpha value is -4.31. The normalized spacial score (nSPS) is 14.9. The first-order valence-corrected chi connectivity index (χ1v) is 20.0. The molecular weight excluding hydrogens is 758 g/mol. The van der Waals surface area contributed by atoms with Gasteiger partial charge in [-0.3, -0.25) is 0 Å². The van der Waals surface area contributed by atoms with Crippen molar-refractivity contribution < 1.29 is 26.3 Å². The van der Waals surface area contributed by atoms with Crippen LogP contribution in [-0.2, 0) is 12.4 Å². The maximum absolute atomic E-state index is 14.3. The number of aliphatic imine (C=N–C) groups is 2. The van der Waals surface area contributed by atoms with E-state index >= 15 is 0 Å². The van der Waals surface area contributed by atoms with Gasteiger partial charge in [-0.15, -0.1) is 0 Å². The second-order valence-electron chi connectivity index (χ2n) is 16.3. The van der Waals surface area contributed by atoms with Crippen molar-refractivity contribution in [2.75, 3.05) is 19.8 Å². The smallest absolute Gasteiger partial charge is 0.338 e. The summed E-state index contributed by atoms with van der Waals surface area (Å²) in [7, 11) is 0. The predicted octanol–water partition coefficient (Wildman–Crippen LogP) is 14.3. The number of halogens is 7. The summed E-state index contributed by atoms with van der Waals surface area (Å²) in [5, 5.41) is 0.239. The number of nitrogens with zero attached hydrogens (tertiary/aromatic N) is 4. The highest BCUT2D eigenvalue weighted by atomic mass is 35.5. The van der Waals surface area contributed by atoms with Gasteiger partial charge >= 0.3 is 12.4 Å². The molecule has 57 heavy (non-hydrogen) atoms. The Morgan fingerprint density at radius 1 is 0.596 bits per heavy atom. The summed E-state index contributed by atoms with van der Waals surface area (Å²) in [6, 6.07) is 17.7. The van der Waals surface area contributed by atoms with Crippen LogP contribution in [0.5, 0.6) is 0 Å². The summed E-state index contributed by atoms with van der Waals surface area (Å²) in [5.74, 6) is 1.18. The Morgan fingerprint density at radius 2 is 1.04 bits per heavy atom. The van der Waals surface area contributed by atoms with Crippen LogP contribution < -0.4 is 0 Å². The molecule has 0 N–H and O–H groups in total. The van der Waals surface area contributed by atoms with Gasteiger partial charge in [0.25, 0.3) is 0 Å². The van der Waals surface area contributed by atoms with Crippen LogP contribution in [0.1, 0.15) is 141 Å². The van der Waals surface area contributed by atoms with E-state index in [2.05, 4.69) is 96.7 Å². The third-order valence-electron chi connectivity index (χ3n) is 10.4. The van der Waals surface area contributed by atoms with Gasteiger partial charge in [-0.2, -0.15) is 26.3 Å². The second kappa shape index (κ2) is 17.3. The molecule has 4 aromatic carbocycles. The van der Waals surface area contributed by atoms with E-state index in [0.717, 1.165) is 51.2 Å². The summed E-state index contributed by atoms with van der Waals surface area (Å²) >= 11 is 6.72. The van der Waals surface area contributed by atoms with E-state index in [1.807, 2.05) is 13.0 Å². The lowest BCUT2D eigenvalue weighted by Crippen LogP contribution is -2.50. The van der Waals surface area contributed by atoms with Gasteiger partial charge in [0, 0.05) is 24.2 Å². The van der Waals surface area contributed by atoms with Crippen LogP contribution in [0.15, 0.2) is 76.7 Å². The zero-order valence-electron chi connectivity index (χ0n) is 34.4. The van der Waals surface area contributed by atoms with Gasteiger partial charge in [0.05, 0.1) is 34.2 Å². The Kier molecular flexibility index (Phi) is 13.3. The third kappa shape index (κ3) is 9.87. The number of amidine groups is 2. The molecule has 4 nitrogen and oxygen atoms in total. The van der Waals surface area contributed by atoms with Gasteiger partial charge in [-0.1, -0.05) is 109 Å². The van der Waals surface area contributed by atoms with E-state index in [0.29, 0.717) is 30.9 Å². The van der Waals surface area contributed by atoms with Gasteiger partial charge in [-0.25, -0.2) is 9.98 Å². The molecule has 1 aliphatic rings. The van der Waals surface area contributed by atoms with Crippen LogP contribution in [0.25, 0.3) is 0 Å². The largest absolute Gasteiger partial charge is 0.416 e. The van der Waals surface area contributed by atoms with Crippen molar-refractivity contribution in [2.24, 2.45) is 9.98 Å². The minimum Gasteiger partial charge on any atom is -0.338 e. The number of hydrogen-bond donors (Lipinski definition) is 0. The SMILES string of the molecule is Cc1cc(C)c(N=C(c2cc(C(F)(F)F)cc(C(F)(F)F)c2)N2CCCN(C(=Nc3c(C(C)C)cccc3C(C)C)c3c(C(C)C)cccc3C(C)C)C2)c(Cl)c1. The van der Waals surface area contributed by atoms with Gasteiger partial charge < -0.3 is 9.80 Å². The molecular formula is C46H53ClF6N4. The maximum atomic E-state index is 14.3. The summed E-state index contributed by atoms with van der Waals surface area (Å²) in [6.07, 6.45) is -9.57. The van der Waals surface area contributed by atoms with Crippen LogP contribution in [0, 0.1) is 13.8 Å². The first-order valence-electron chi connectivity index (χ1n) is 19.6. The maximum Gasteiger partial charge on any atom is 0.416 e. The van der Waals surface area contributed by atoms with E-state index in [9.17, 15) is 26.3 Å². The molecule has 0 atom stereocenters. The van der Waals surface area contributed by atoms with Gasteiger partial charge in [-0.05, 0) is 102 Å². The van der Waals surface area contributed by atoms with Crippen molar-refractivity contribution in [1.82, 2.24) is 9.80 Å². The van der Waals surface area contributed by atoms with Gasteiger partial charge in [0.1, 0.15) is 11.7 Å². The summed E-state index contributed by atoms with van der Waals surface area (Å²) in [6.45, 7) is 21.6. The van der Waals surface area contributed by atoms with Crippen molar-refractivity contribution in [3.63, 3.8) is 0 Å². The molecule has 0 amide bonds. The predicted molar refractivity (Wildman–Crippen MR) is 222 cm³/mol. The van der Waals surface area contributed by atoms with Crippen molar-refractivity contribution in [3.8, 4) is 0 Å². The quantitative estimate of drug-likeness (QED) is 0.101. The minimum absolute atomic E-state index is 0.0452. The van der Waals surface area contributed by atoms with Crippen molar-refractivity contribution in [2.45, 2.75) is 112 Å². The van der Waals surface area contributed by atoms with E-state index in [-0.39, 0.29) is 58.5 Å². The van der Waals surface area contributed by atoms with E-state index in [1.54, 1.807) is 17.9 Å². The number of benzene rings is 4. The highest BCUT2D eigenvalue weighted by Crippen LogP contribution is 2.40. The lowest BCUT2D eigenvalue weighted by atomic mass is 9.87. The fraction of sp³-hybridized carbons (Fsp3) is 0.435. The minimum atomic E-state index is -5.04. The first-order chi connectivity index (χ1) is 26.6. The molecule has 11 heteroatoms. The van der Waals surface area contributed by atoms with Crippen LogP contribution >= 0.6 is 11.6 Å². The Balaban J connectivity index is 1.83. The molecule has 1 saturated heterocycles. The van der Waals surface area contributed by atoms with E-state index in [4.69, 9.17) is 21.6 Å². The molecule has 306 valence electrons. The number of para-hydroxylation sites is 1. The summed E-state index contributed by atoms with van der Waals surface area (Å²) < 4.78 is 85.9. The zero-order chi connectivity index (χ0) is 42.1. The molecule has 1 aliphatic heterocycles. The number of rotatable bonds is 8. The van der Waals surface area contributed by atoms with Crippen LogP contribution in [0.4, 0.5) is 37.7 Å². The molecule has 0 aromatic heterocycles. The molecule has 0 radical (unpaired) electrons. The van der Waals surface area contributed by atoms with E-state index in [1.165, 1.54) is 0 Å². The molecule has 0 saturated carbocycles. The van der Waals surface area contributed by atoms with Gasteiger partial charge in [0.2, 0.25) is 0 Å². The topological polar surface area (TPSA) is 31.2 Å². The van der Waals surface area contributed by atoms with Crippen LogP contribution in [0.3, 0.4) is 0 Å². The zero-order valence-corrected chi connectivity index (χ0v) is 35.2. The highest BCUT2D eigenvalue weighted by molar-refractivity contribution is 6.33. The Labute approximate surface area is 338 Å². The van der Waals surface area contributed by atoms with Crippen LogP contribution in [-0.4, -0.2) is 41.2 Å². The fourth-order valence-corrected chi connectivity index (χ4v) is 7.91. The Morgan fingerprint density at radius 3 is 1.47 bits per heavy atom. The van der Waals surface area contributed by atoms with Gasteiger partial charge in [0.15, 0.2) is 0 Å². The first kappa shape index (κ1) is 43.8. The summed E-state index contributed by atoms with van der Waals surface area (Å²) in [4.78, 5) is 14.4. The fourth-order valence-electron chi connectivity index (χ4n) is 7.54. The summed E-state index contributed by atoms with van der Waals surface area (Å²) in [5.41, 5.74) is 4.79. The Bertz CT molecular complexity index is 2040. The average Bonchev–Trinajstić information content (AvgIpc) is 3.12. The van der Waals surface area contributed by atoms with Crippen molar-refractivity contribution in [1.29, 1.82) is 0 Å². The average molecular weight is 811 g/mol. The lowest BCUT2D eigenvalue weighted by Gasteiger charge is -2.40. The molecule has 0 unspecified atom stereocenters. The number of hydrogen-bond acceptors (Lipinski definition) is 2. The molecule has 0 bridgehead atoms. The molecule has 4 aromatic rings. The molecule has 0 aliphatic carbocycles. The molecule has 0 spiro atoms. The van der Waals surface area contributed by atoms with Crippen LogP contribution in [0.2, 0.25) is 5.02 Å². The number of aryl methyl sites for hydroxylation is 2.